The first-order valence-corrected chi connectivity index (χ1v) is 21.7. The van der Waals surface area contributed by atoms with Crippen LogP contribution in [0.5, 0.6) is 0 Å². The van der Waals surface area contributed by atoms with Gasteiger partial charge >= 0.3 is 0 Å². The lowest BCUT2D eigenvalue weighted by Crippen LogP contribution is -2.09. The lowest BCUT2D eigenvalue weighted by molar-refractivity contribution is 1.28. The molecule has 0 amide bonds. The first-order valence-electron chi connectivity index (χ1n) is 20.1. The van der Waals surface area contributed by atoms with Crippen molar-refractivity contribution in [2.24, 2.45) is 0 Å². The second kappa shape index (κ2) is 13.8. The third-order valence-corrected chi connectivity index (χ3v) is 14.3. The second-order valence-corrected chi connectivity index (χ2v) is 17.4. The Hall–Kier alpha value is -7.04. The van der Waals surface area contributed by atoms with Crippen LogP contribution in [0.1, 0.15) is 0 Å². The van der Waals surface area contributed by atoms with Crippen molar-refractivity contribution in [1.82, 2.24) is 0 Å². The van der Waals surface area contributed by atoms with Gasteiger partial charge in [-0.15, -0.1) is 22.7 Å². The van der Waals surface area contributed by atoms with Gasteiger partial charge in [0.05, 0.1) is 0 Å². The summed E-state index contributed by atoms with van der Waals surface area (Å²) < 4.78 is 5.42. The van der Waals surface area contributed by atoms with Crippen LogP contribution in [0.15, 0.2) is 212 Å². The zero-order valence-electron chi connectivity index (χ0n) is 32.0. The molecule has 12 rings (SSSR count). The first kappa shape index (κ1) is 34.0. The Morgan fingerprint density at radius 1 is 0.288 bits per heavy atom. The summed E-state index contributed by atoms with van der Waals surface area (Å²) in [4.78, 5) is 2.37. The van der Waals surface area contributed by atoms with Crippen molar-refractivity contribution in [2.45, 2.75) is 0 Å². The van der Waals surface area contributed by atoms with E-state index < -0.39 is 0 Å². The van der Waals surface area contributed by atoms with E-state index in [0.29, 0.717) is 0 Å². The molecule has 0 spiro atoms. The Labute approximate surface area is 350 Å². The summed E-state index contributed by atoms with van der Waals surface area (Å²) in [6.07, 6.45) is 0. The highest BCUT2D eigenvalue weighted by Gasteiger charge is 2.18. The largest absolute Gasteiger partial charge is 0.311 e. The van der Waals surface area contributed by atoms with E-state index in [1.165, 1.54) is 95.3 Å². The molecule has 0 aliphatic heterocycles. The van der Waals surface area contributed by atoms with Gasteiger partial charge in [0.1, 0.15) is 0 Å². The smallest absolute Gasteiger partial charge is 0.0462 e. The summed E-state index contributed by atoms with van der Waals surface area (Å²) >= 11 is 3.82. The predicted molar refractivity (Wildman–Crippen MR) is 258 cm³/mol. The van der Waals surface area contributed by atoms with Gasteiger partial charge in [0.2, 0.25) is 0 Å². The molecule has 0 saturated carbocycles. The van der Waals surface area contributed by atoms with Crippen LogP contribution < -0.4 is 4.90 Å². The number of hydrogen-bond donors (Lipinski definition) is 0. The van der Waals surface area contributed by atoms with Crippen LogP contribution >= 0.6 is 22.7 Å². The first-order chi connectivity index (χ1) is 29.2. The Bertz CT molecular complexity index is 3520. The molecule has 0 N–H and O–H groups in total. The van der Waals surface area contributed by atoms with Gasteiger partial charge < -0.3 is 4.90 Å². The van der Waals surface area contributed by atoms with E-state index in [1.54, 1.807) is 0 Å². The summed E-state index contributed by atoms with van der Waals surface area (Å²) in [7, 11) is 0. The highest BCUT2D eigenvalue weighted by atomic mass is 32.1. The summed E-state index contributed by atoms with van der Waals surface area (Å²) in [5.74, 6) is 0. The molecule has 0 fully saturated rings. The minimum Gasteiger partial charge on any atom is -0.311 e. The molecule has 0 aliphatic rings. The quantitative estimate of drug-likeness (QED) is 0.152. The standard InChI is InChI=1S/C56H35NS2/c1-2-9-36(10-3-1)37-21-27-43(28-22-37)57(44-29-23-38(24-30-44)42-20-19-41-18-17-39-11-4-5-12-46(39)51(41)35-42)45-31-25-40(26-32-45)47-14-8-15-48-49-33-34-53-54(56(49)59-55(47)48)50-13-6-7-16-52(50)58-53/h1-35H. The van der Waals surface area contributed by atoms with Crippen molar-refractivity contribution in [3.8, 4) is 33.4 Å². The molecule has 1 nitrogen and oxygen atoms in total. The molecule has 0 aliphatic carbocycles. The summed E-state index contributed by atoms with van der Waals surface area (Å²) in [6.45, 7) is 0. The molecule has 3 heteroatoms. The average molecular weight is 786 g/mol. The molecule has 0 saturated heterocycles. The van der Waals surface area contributed by atoms with Gasteiger partial charge in [-0.25, -0.2) is 0 Å². The minimum atomic E-state index is 1.11. The topological polar surface area (TPSA) is 3.24 Å². The Morgan fingerprint density at radius 3 is 1.58 bits per heavy atom. The van der Waals surface area contributed by atoms with Gasteiger partial charge in [0.15, 0.2) is 0 Å². The van der Waals surface area contributed by atoms with Crippen LogP contribution in [0.3, 0.4) is 0 Å². The van der Waals surface area contributed by atoms with Crippen LogP contribution in [-0.2, 0) is 0 Å². The molecule has 2 aromatic heterocycles. The zero-order chi connectivity index (χ0) is 38.9. The van der Waals surface area contributed by atoms with Crippen molar-refractivity contribution >= 4 is 102 Å². The highest BCUT2D eigenvalue weighted by molar-refractivity contribution is 7.30. The number of nitrogens with zero attached hydrogens (tertiary/aromatic N) is 1. The Morgan fingerprint density at radius 2 is 0.831 bits per heavy atom. The zero-order valence-corrected chi connectivity index (χ0v) is 33.6. The molecule has 10 aromatic carbocycles. The molecule has 12 aromatic rings. The Kier molecular flexibility index (Phi) is 7.97. The Balaban J connectivity index is 0.944. The van der Waals surface area contributed by atoms with Crippen LogP contribution in [0.4, 0.5) is 17.1 Å². The third kappa shape index (κ3) is 5.73. The van der Waals surface area contributed by atoms with Crippen LogP contribution in [0.25, 0.3) is 95.3 Å². The minimum absolute atomic E-state index is 1.11. The van der Waals surface area contributed by atoms with Crippen molar-refractivity contribution in [1.29, 1.82) is 0 Å². The predicted octanol–water partition coefficient (Wildman–Crippen LogP) is 17.2. The number of benzene rings is 10. The molecule has 0 bridgehead atoms. The molecular weight excluding hydrogens is 751 g/mol. The SMILES string of the molecule is c1ccc(-c2ccc(N(c3ccc(-c4ccc5ccc6ccccc6c5c4)cc3)c3ccc(-c4cccc5c4sc4c5ccc5sc6ccccc6c54)cc3)cc2)cc1. The molecule has 276 valence electrons. The van der Waals surface area contributed by atoms with E-state index >= 15 is 0 Å². The van der Waals surface area contributed by atoms with Gasteiger partial charge in [-0.3, -0.25) is 0 Å². The lowest BCUT2D eigenvalue weighted by Gasteiger charge is -2.26. The molecular formula is C56H35NS2. The van der Waals surface area contributed by atoms with Gasteiger partial charge in [0.25, 0.3) is 0 Å². The lowest BCUT2D eigenvalue weighted by atomic mass is 9.97. The molecule has 0 atom stereocenters. The molecule has 59 heavy (non-hydrogen) atoms. The number of hydrogen-bond acceptors (Lipinski definition) is 3. The van der Waals surface area contributed by atoms with Crippen molar-refractivity contribution < 1.29 is 0 Å². The highest BCUT2D eigenvalue weighted by Crippen LogP contribution is 2.47. The third-order valence-electron chi connectivity index (χ3n) is 11.9. The van der Waals surface area contributed by atoms with Crippen LogP contribution in [-0.4, -0.2) is 0 Å². The number of thiophene rings is 2. The fourth-order valence-electron chi connectivity index (χ4n) is 8.95. The number of rotatable bonds is 6. The molecule has 0 unspecified atom stereocenters. The van der Waals surface area contributed by atoms with E-state index in [2.05, 4.69) is 217 Å². The van der Waals surface area contributed by atoms with E-state index in [-0.39, 0.29) is 0 Å². The summed E-state index contributed by atoms with van der Waals surface area (Å²) in [5, 5.41) is 10.5. The van der Waals surface area contributed by atoms with Gasteiger partial charge in [0, 0.05) is 57.4 Å². The van der Waals surface area contributed by atoms with E-state index in [1.807, 2.05) is 22.7 Å². The van der Waals surface area contributed by atoms with Crippen molar-refractivity contribution in [3.05, 3.63) is 212 Å². The van der Waals surface area contributed by atoms with E-state index in [4.69, 9.17) is 0 Å². The normalized spacial score (nSPS) is 11.7. The average Bonchev–Trinajstić information content (AvgIpc) is 3.89. The van der Waals surface area contributed by atoms with E-state index in [0.717, 1.165) is 17.1 Å². The maximum absolute atomic E-state index is 2.37. The molecule has 2 heterocycles. The van der Waals surface area contributed by atoms with Crippen LogP contribution in [0.2, 0.25) is 0 Å². The van der Waals surface area contributed by atoms with Gasteiger partial charge in [-0.2, -0.15) is 0 Å². The summed E-state index contributed by atoms with van der Waals surface area (Å²) in [5.41, 5.74) is 10.7. The second-order valence-electron chi connectivity index (χ2n) is 15.3. The van der Waals surface area contributed by atoms with Crippen molar-refractivity contribution in [3.63, 3.8) is 0 Å². The maximum Gasteiger partial charge on any atom is 0.0462 e. The van der Waals surface area contributed by atoms with E-state index in [9.17, 15) is 0 Å². The van der Waals surface area contributed by atoms with Crippen molar-refractivity contribution in [2.75, 3.05) is 4.90 Å². The monoisotopic (exact) mass is 785 g/mol. The number of fused-ring (bicyclic) bond motifs is 10. The van der Waals surface area contributed by atoms with Crippen LogP contribution in [0, 0.1) is 0 Å². The summed E-state index contributed by atoms with van der Waals surface area (Å²) in [6, 6.07) is 77.9. The fraction of sp³-hybridized carbons (Fsp3) is 0. The maximum atomic E-state index is 2.37. The van der Waals surface area contributed by atoms with Gasteiger partial charge in [-0.1, -0.05) is 158 Å². The number of anilines is 3. The molecule has 0 radical (unpaired) electrons. The van der Waals surface area contributed by atoms with Gasteiger partial charge in [-0.05, 0) is 110 Å². The fourth-order valence-corrected chi connectivity index (χ4v) is 11.5.